The highest BCUT2D eigenvalue weighted by Gasteiger charge is 2.36. The Bertz CT molecular complexity index is 414. The van der Waals surface area contributed by atoms with E-state index in [0.29, 0.717) is 12.1 Å². The van der Waals surface area contributed by atoms with Crippen LogP contribution in [0.1, 0.15) is 16.7 Å². The lowest BCUT2D eigenvalue weighted by Gasteiger charge is -2.14. The van der Waals surface area contributed by atoms with Gasteiger partial charge in [-0.1, -0.05) is 6.58 Å². The van der Waals surface area contributed by atoms with Crippen LogP contribution in [0.3, 0.4) is 0 Å². The first-order valence-electron chi connectivity index (χ1n) is 5.00. The topological polar surface area (TPSA) is 9.23 Å². The maximum atomic E-state index is 12.5. The number of benzene rings is 1. The number of alkyl halides is 6. The van der Waals surface area contributed by atoms with Crippen LogP contribution in [0.4, 0.5) is 26.3 Å². The van der Waals surface area contributed by atoms with Gasteiger partial charge in [0.1, 0.15) is 0 Å². The molecule has 19 heavy (non-hydrogen) atoms. The molecule has 0 N–H and O–H groups in total. The highest BCUT2D eigenvalue weighted by atomic mass is 19.4. The third kappa shape index (κ3) is 4.59. The van der Waals surface area contributed by atoms with Gasteiger partial charge in [-0.2, -0.15) is 26.3 Å². The van der Waals surface area contributed by atoms with Crippen LogP contribution in [0.25, 0.3) is 0 Å². The average Bonchev–Trinajstić information content (AvgIpc) is 2.27. The number of rotatable bonds is 4. The van der Waals surface area contributed by atoms with E-state index >= 15 is 0 Å². The second kappa shape index (κ2) is 5.64. The fourth-order valence-electron chi connectivity index (χ4n) is 1.34. The van der Waals surface area contributed by atoms with E-state index < -0.39 is 23.5 Å². The summed E-state index contributed by atoms with van der Waals surface area (Å²) >= 11 is 0. The van der Waals surface area contributed by atoms with Crippen molar-refractivity contribution in [2.75, 3.05) is 6.61 Å². The molecule has 0 bridgehead atoms. The van der Waals surface area contributed by atoms with Gasteiger partial charge in [0, 0.05) is 0 Å². The van der Waals surface area contributed by atoms with Crippen molar-refractivity contribution in [2.45, 2.75) is 19.0 Å². The minimum absolute atomic E-state index is 0.0725. The fraction of sp³-hybridized carbons (Fsp3) is 0.333. The SMILES string of the molecule is C=[C]COCc1cc(C(F)(F)F)cc(C(F)(F)F)c1. The van der Waals surface area contributed by atoms with Gasteiger partial charge in [0.2, 0.25) is 0 Å². The summed E-state index contributed by atoms with van der Waals surface area (Å²) in [5.74, 6) is 0. The minimum Gasteiger partial charge on any atom is -0.372 e. The Kier molecular flexibility index (Phi) is 4.62. The first-order valence-corrected chi connectivity index (χ1v) is 5.00. The molecule has 0 unspecified atom stereocenters. The van der Waals surface area contributed by atoms with E-state index in [9.17, 15) is 26.3 Å². The highest BCUT2D eigenvalue weighted by Crippen LogP contribution is 2.36. The molecule has 1 aromatic rings. The monoisotopic (exact) mass is 283 g/mol. The molecule has 1 rings (SSSR count). The largest absolute Gasteiger partial charge is 0.416 e. The standard InChI is InChI=1S/C12H9F6O/c1-2-3-19-7-8-4-9(11(13,14)15)6-10(5-8)12(16,17)18/h4-6H,1,3,7H2. The van der Waals surface area contributed by atoms with Crippen LogP contribution in [0.5, 0.6) is 0 Å². The van der Waals surface area contributed by atoms with Crippen LogP contribution in [0.15, 0.2) is 24.8 Å². The van der Waals surface area contributed by atoms with Crippen LogP contribution in [0, 0.1) is 6.08 Å². The Morgan fingerprint density at radius 2 is 1.42 bits per heavy atom. The predicted octanol–water partition coefficient (Wildman–Crippen LogP) is 4.23. The third-order valence-electron chi connectivity index (χ3n) is 2.12. The van der Waals surface area contributed by atoms with Crippen LogP contribution >= 0.6 is 0 Å². The Hall–Kier alpha value is -1.50. The third-order valence-corrected chi connectivity index (χ3v) is 2.12. The van der Waals surface area contributed by atoms with Crippen LogP contribution in [0.2, 0.25) is 0 Å². The summed E-state index contributed by atoms with van der Waals surface area (Å²) < 4.78 is 79.8. The molecule has 0 heterocycles. The van der Waals surface area contributed by atoms with Crippen molar-refractivity contribution in [1.82, 2.24) is 0 Å². The molecule has 1 aromatic carbocycles. The molecule has 7 heteroatoms. The second-order valence-electron chi connectivity index (χ2n) is 3.66. The number of ether oxygens (including phenoxy) is 1. The summed E-state index contributed by atoms with van der Waals surface area (Å²) in [5.41, 5.74) is -2.93. The van der Waals surface area contributed by atoms with Crippen molar-refractivity contribution < 1.29 is 31.1 Å². The molecule has 1 radical (unpaired) electrons. The smallest absolute Gasteiger partial charge is 0.372 e. The molecule has 0 spiro atoms. The first-order chi connectivity index (χ1) is 8.64. The molecule has 0 aliphatic carbocycles. The maximum Gasteiger partial charge on any atom is 0.416 e. The summed E-state index contributed by atoms with van der Waals surface area (Å²) in [7, 11) is 0. The lowest BCUT2D eigenvalue weighted by Crippen LogP contribution is -2.12. The fourth-order valence-corrected chi connectivity index (χ4v) is 1.34. The van der Waals surface area contributed by atoms with Crippen molar-refractivity contribution >= 4 is 0 Å². The van der Waals surface area contributed by atoms with E-state index in [0.717, 1.165) is 0 Å². The predicted molar refractivity (Wildman–Crippen MR) is 55.0 cm³/mol. The van der Waals surface area contributed by atoms with Gasteiger partial charge in [-0.15, -0.1) is 0 Å². The Labute approximate surface area is 105 Å². The number of halogens is 6. The highest BCUT2D eigenvalue weighted by molar-refractivity contribution is 5.33. The Morgan fingerprint density at radius 3 is 1.79 bits per heavy atom. The summed E-state index contributed by atoms with van der Waals surface area (Å²) in [6.45, 7) is 2.73. The summed E-state index contributed by atoms with van der Waals surface area (Å²) in [4.78, 5) is 0. The number of hydrogen-bond acceptors (Lipinski definition) is 1. The van der Waals surface area contributed by atoms with Crippen LogP contribution < -0.4 is 0 Å². The average molecular weight is 283 g/mol. The molecule has 0 saturated carbocycles. The molecule has 105 valence electrons. The van der Waals surface area contributed by atoms with E-state index in [1.807, 2.05) is 0 Å². The van der Waals surface area contributed by atoms with Crippen molar-refractivity contribution in [3.63, 3.8) is 0 Å². The van der Waals surface area contributed by atoms with Gasteiger partial charge < -0.3 is 4.74 Å². The zero-order valence-electron chi connectivity index (χ0n) is 9.53. The van der Waals surface area contributed by atoms with Gasteiger partial charge in [-0.3, -0.25) is 0 Å². The lowest BCUT2D eigenvalue weighted by atomic mass is 10.1. The molecule has 0 aliphatic rings. The van der Waals surface area contributed by atoms with Crippen LogP contribution in [-0.4, -0.2) is 6.61 Å². The molecular formula is C12H9F6O. The van der Waals surface area contributed by atoms with E-state index in [4.69, 9.17) is 4.74 Å². The maximum absolute atomic E-state index is 12.5. The molecule has 0 atom stereocenters. The number of hydrogen-bond donors (Lipinski definition) is 0. The molecule has 0 fully saturated rings. The molecule has 0 amide bonds. The Balaban J connectivity index is 3.13. The zero-order chi connectivity index (χ0) is 14.7. The zero-order valence-corrected chi connectivity index (χ0v) is 9.53. The van der Waals surface area contributed by atoms with Crippen molar-refractivity contribution in [3.05, 3.63) is 47.5 Å². The molecule has 0 aromatic heterocycles. The Morgan fingerprint density at radius 1 is 0.947 bits per heavy atom. The quantitative estimate of drug-likeness (QED) is 0.593. The van der Waals surface area contributed by atoms with Gasteiger partial charge in [0.05, 0.1) is 24.3 Å². The van der Waals surface area contributed by atoms with Gasteiger partial charge >= 0.3 is 12.4 Å². The summed E-state index contributed by atoms with van der Waals surface area (Å²) in [5, 5.41) is 0. The van der Waals surface area contributed by atoms with E-state index in [-0.39, 0.29) is 24.8 Å². The lowest BCUT2D eigenvalue weighted by molar-refractivity contribution is -0.143. The molecule has 0 saturated heterocycles. The van der Waals surface area contributed by atoms with Crippen molar-refractivity contribution in [3.8, 4) is 0 Å². The molecule has 0 aliphatic heterocycles. The minimum atomic E-state index is -4.85. The molecular weight excluding hydrogens is 274 g/mol. The first kappa shape index (κ1) is 15.6. The normalized spacial score (nSPS) is 12.5. The van der Waals surface area contributed by atoms with Crippen molar-refractivity contribution in [2.24, 2.45) is 0 Å². The van der Waals surface area contributed by atoms with Gasteiger partial charge in [0.15, 0.2) is 0 Å². The summed E-state index contributed by atoms with van der Waals surface area (Å²) in [6, 6.07) is 1.32. The van der Waals surface area contributed by atoms with E-state index in [1.54, 1.807) is 0 Å². The van der Waals surface area contributed by atoms with Crippen LogP contribution in [-0.2, 0) is 23.7 Å². The second-order valence-corrected chi connectivity index (χ2v) is 3.66. The van der Waals surface area contributed by atoms with E-state index in [2.05, 4.69) is 12.7 Å². The van der Waals surface area contributed by atoms with Gasteiger partial charge in [0.25, 0.3) is 0 Å². The van der Waals surface area contributed by atoms with Gasteiger partial charge in [-0.25, -0.2) is 0 Å². The van der Waals surface area contributed by atoms with Crippen molar-refractivity contribution in [1.29, 1.82) is 0 Å². The van der Waals surface area contributed by atoms with E-state index in [1.165, 1.54) is 0 Å². The summed E-state index contributed by atoms with van der Waals surface area (Å²) in [6.07, 6.45) is -7.38. The van der Waals surface area contributed by atoms with Gasteiger partial charge in [-0.05, 0) is 29.8 Å². The molecule has 1 nitrogen and oxygen atoms in total.